The van der Waals surface area contributed by atoms with E-state index in [1.165, 1.54) is 9.13 Å². The number of carbonyl (C=O) groups is 2. The van der Waals surface area contributed by atoms with E-state index in [-0.39, 0.29) is 34.2 Å². The summed E-state index contributed by atoms with van der Waals surface area (Å²) >= 11 is 6.17. The Kier molecular flexibility index (Phi) is 12.7. The second kappa shape index (κ2) is 17.0. The average molecular weight is 861 g/mol. The number of benzene rings is 3. The predicted octanol–water partition coefficient (Wildman–Crippen LogP) is 6.74. The summed E-state index contributed by atoms with van der Waals surface area (Å²) in [5.41, 5.74) is 5.44. The van der Waals surface area contributed by atoms with Crippen LogP contribution in [0.4, 0.5) is 17.2 Å². The summed E-state index contributed by atoms with van der Waals surface area (Å²) in [6, 6.07) is 20.4. The Morgan fingerprint density at radius 2 is 1.37 bits per heavy atom. The summed E-state index contributed by atoms with van der Waals surface area (Å²) in [4.78, 5) is 62.6. The molecule has 0 aliphatic carbocycles. The highest BCUT2D eigenvalue weighted by molar-refractivity contribution is 9.11. The molecule has 12 nitrogen and oxygen atoms in total. The van der Waals surface area contributed by atoms with Gasteiger partial charge in [-0.25, -0.2) is 9.97 Å². The van der Waals surface area contributed by atoms with E-state index in [2.05, 4.69) is 85.2 Å². The van der Waals surface area contributed by atoms with Crippen LogP contribution in [0.15, 0.2) is 97.9 Å². The number of piperazine rings is 1. The number of hydrogen-bond acceptors (Lipinski definition) is 8. The maximum Gasteiger partial charge on any atom is 0.293 e. The molecule has 2 aromatic heterocycles. The number of anilines is 3. The Labute approximate surface area is 331 Å². The summed E-state index contributed by atoms with van der Waals surface area (Å²) in [5.74, 6) is -0.0305. The van der Waals surface area contributed by atoms with Crippen molar-refractivity contribution in [2.45, 2.75) is 33.1 Å². The topological polar surface area (TPSA) is 134 Å². The summed E-state index contributed by atoms with van der Waals surface area (Å²) in [7, 11) is 5.40. The van der Waals surface area contributed by atoms with Crippen molar-refractivity contribution in [3.8, 4) is 11.3 Å². The molecule has 282 valence electrons. The first-order chi connectivity index (χ1) is 25.5. The molecule has 2 N–H and O–H groups in total. The van der Waals surface area contributed by atoms with Gasteiger partial charge in [0.2, 0.25) is 0 Å². The second-order valence-electron chi connectivity index (χ2n) is 14.2. The van der Waals surface area contributed by atoms with E-state index in [1.54, 1.807) is 50.8 Å². The van der Waals surface area contributed by atoms with Gasteiger partial charge in [-0.2, -0.15) is 0 Å². The third kappa shape index (κ3) is 9.78. The molecule has 5 aromatic rings. The molecule has 0 unspecified atom stereocenters. The van der Waals surface area contributed by atoms with E-state index in [0.29, 0.717) is 50.5 Å². The number of aryl methyl sites for hydroxylation is 2. The Hall–Kier alpha value is -4.92. The highest BCUT2D eigenvalue weighted by Gasteiger charge is 2.21. The van der Waals surface area contributed by atoms with Crippen LogP contribution in [0.2, 0.25) is 0 Å². The maximum atomic E-state index is 13.1. The minimum absolute atomic E-state index is 0.00347. The Bertz CT molecular complexity index is 2250. The van der Waals surface area contributed by atoms with E-state index in [4.69, 9.17) is 0 Å². The molecule has 54 heavy (non-hydrogen) atoms. The van der Waals surface area contributed by atoms with E-state index in [1.807, 2.05) is 54.3 Å². The molecule has 0 radical (unpaired) electrons. The predicted molar refractivity (Wildman–Crippen MR) is 221 cm³/mol. The minimum Gasteiger partial charge on any atom is -0.336 e. The van der Waals surface area contributed by atoms with Gasteiger partial charge in [0.1, 0.15) is 4.60 Å². The zero-order valence-electron chi connectivity index (χ0n) is 31.4. The van der Waals surface area contributed by atoms with Gasteiger partial charge in [-0.15, -0.1) is 0 Å². The maximum absolute atomic E-state index is 13.1. The number of hydrogen-bond donors (Lipinski definition) is 2. The van der Waals surface area contributed by atoms with E-state index in [0.717, 1.165) is 29.8 Å². The first-order valence-corrected chi connectivity index (χ1v) is 18.9. The lowest BCUT2D eigenvalue weighted by Crippen LogP contribution is -2.47. The van der Waals surface area contributed by atoms with Crippen LogP contribution in [0, 0.1) is 6.92 Å². The largest absolute Gasteiger partial charge is 0.336 e. The summed E-state index contributed by atoms with van der Waals surface area (Å²) in [5, 5.41) is 6.16. The van der Waals surface area contributed by atoms with Gasteiger partial charge in [-0.05, 0) is 105 Å². The van der Waals surface area contributed by atoms with Crippen molar-refractivity contribution in [1.29, 1.82) is 0 Å². The van der Waals surface area contributed by atoms with Crippen molar-refractivity contribution < 1.29 is 9.59 Å². The summed E-state index contributed by atoms with van der Waals surface area (Å²) < 4.78 is 3.89. The quantitative estimate of drug-likeness (QED) is 0.192. The molecule has 1 aliphatic heterocycles. The summed E-state index contributed by atoms with van der Waals surface area (Å²) in [6.45, 7) is 11.5. The molecular weight excluding hydrogens is 816 g/mol. The molecule has 1 aliphatic rings. The average Bonchev–Trinajstić information content (AvgIpc) is 3.13. The lowest BCUT2D eigenvalue weighted by molar-refractivity contribution is 0.0664. The zero-order chi connectivity index (χ0) is 39.3. The van der Waals surface area contributed by atoms with Crippen LogP contribution >= 0.6 is 31.9 Å². The molecule has 1 fully saturated rings. The molecule has 14 heteroatoms. The Balaban J connectivity index is 0.000000486. The van der Waals surface area contributed by atoms with Gasteiger partial charge in [-0.1, -0.05) is 45.0 Å². The van der Waals surface area contributed by atoms with Crippen LogP contribution in [0.25, 0.3) is 11.3 Å². The highest BCUT2D eigenvalue weighted by Crippen LogP contribution is 2.29. The molecular formula is C40H44Br2N8O4. The SMILES string of the molecule is Cc1c(NC(=O)c2ccc(C(C)(C)C)cc2)cccc1-c1cn(C)c(=O)c(Nc2ccc(C(=O)N3CCN(C)CC3)cc2)n1.Cn1cc(Br)nc(Br)c1=O. The van der Waals surface area contributed by atoms with Crippen LogP contribution in [-0.2, 0) is 19.5 Å². The third-order valence-electron chi connectivity index (χ3n) is 9.13. The molecule has 3 aromatic carbocycles. The monoisotopic (exact) mass is 858 g/mol. The standard InChI is InChI=1S/C35H40N6O3.C5H4Br2N2O/c1-23-28(8-7-9-29(23)38-32(42)24-10-14-26(15-11-24)35(2,3)4)30-22-40(6)34(44)31(37-30)36-27-16-12-25(13-17-27)33(43)41-20-18-39(5)19-21-41;1-9-2-3(6)8-4(7)5(9)10/h7-17,22H,18-21H2,1-6H3,(H,36,37)(H,38,42);2H,1H3. The van der Waals surface area contributed by atoms with Crippen molar-refractivity contribution in [2.75, 3.05) is 43.9 Å². The normalized spacial score (nSPS) is 13.2. The van der Waals surface area contributed by atoms with Gasteiger partial charge < -0.3 is 29.6 Å². The van der Waals surface area contributed by atoms with Gasteiger partial charge in [0.05, 0.1) is 5.69 Å². The fraction of sp³-hybridized carbons (Fsp3) is 0.300. The number of nitrogens with one attached hydrogen (secondary N) is 2. The second-order valence-corrected chi connectivity index (χ2v) is 15.8. The van der Waals surface area contributed by atoms with Crippen molar-refractivity contribution in [2.24, 2.45) is 14.1 Å². The van der Waals surface area contributed by atoms with E-state index >= 15 is 0 Å². The molecule has 1 saturated heterocycles. The Morgan fingerprint density at radius 3 is 1.98 bits per heavy atom. The van der Waals surface area contributed by atoms with Crippen LogP contribution in [0.3, 0.4) is 0 Å². The molecule has 3 heterocycles. The van der Waals surface area contributed by atoms with E-state index < -0.39 is 0 Å². The molecule has 0 atom stereocenters. The van der Waals surface area contributed by atoms with Crippen LogP contribution < -0.4 is 21.8 Å². The number of halogens is 2. The van der Waals surface area contributed by atoms with E-state index in [9.17, 15) is 19.2 Å². The van der Waals surface area contributed by atoms with Crippen molar-refractivity contribution in [3.05, 3.63) is 131 Å². The number of aromatic nitrogens is 4. The highest BCUT2D eigenvalue weighted by atomic mass is 79.9. The molecule has 0 bridgehead atoms. The van der Waals surface area contributed by atoms with Crippen molar-refractivity contribution in [3.63, 3.8) is 0 Å². The molecule has 0 spiro atoms. The van der Waals surface area contributed by atoms with Crippen LogP contribution in [0.5, 0.6) is 0 Å². The Morgan fingerprint density at radius 1 is 0.759 bits per heavy atom. The summed E-state index contributed by atoms with van der Waals surface area (Å²) in [6.07, 6.45) is 3.29. The lowest BCUT2D eigenvalue weighted by atomic mass is 9.86. The van der Waals surface area contributed by atoms with Crippen molar-refractivity contribution in [1.82, 2.24) is 28.9 Å². The van der Waals surface area contributed by atoms with Crippen molar-refractivity contribution >= 4 is 60.9 Å². The van der Waals surface area contributed by atoms with Gasteiger partial charge in [0.15, 0.2) is 10.4 Å². The van der Waals surface area contributed by atoms with Gasteiger partial charge >= 0.3 is 0 Å². The third-order valence-corrected chi connectivity index (χ3v) is 10.0. The number of rotatable bonds is 6. The van der Waals surface area contributed by atoms with Gasteiger partial charge in [0, 0.05) is 80.7 Å². The van der Waals surface area contributed by atoms with Gasteiger partial charge in [-0.3, -0.25) is 19.2 Å². The molecule has 6 rings (SSSR count). The van der Waals surface area contributed by atoms with Crippen LogP contribution in [0.1, 0.15) is 52.6 Å². The lowest BCUT2D eigenvalue weighted by Gasteiger charge is -2.32. The number of amides is 2. The van der Waals surface area contributed by atoms with Gasteiger partial charge in [0.25, 0.3) is 22.9 Å². The fourth-order valence-corrected chi connectivity index (χ4v) is 6.93. The first kappa shape index (κ1) is 40.3. The van der Waals surface area contributed by atoms with Crippen LogP contribution in [-0.4, -0.2) is 73.9 Å². The number of likely N-dealkylation sites (N-methyl/N-ethyl adjacent to an activating group) is 1. The number of nitrogens with zero attached hydrogens (tertiary/aromatic N) is 6. The smallest absolute Gasteiger partial charge is 0.293 e. The molecule has 0 saturated carbocycles. The fourth-order valence-electron chi connectivity index (χ4n) is 5.74. The number of carbonyl (C=O) groups excluding carboxylic acids is 2. The zero-order valence-corrected chi connectivity index (χ0v) is 34.6. The minimum atomic E-state index is -0.285. The molecule has 2 amide bonds. The first-order valence-electron chi connectivity index (χ1n) is 17.3.